The second kappa shape index (κ2) is 8.31. The maximum atomic E-state index is 13.8. The van der Waals surface area contributed by atoms with Gasteiger partial charge in [0.1, 0.15) is 23.0 Å². The zero-order chi connectivity index (χ0) is 22.0. The van der Waals surface area contributed by atoms with Crippen LogP contribution < -0.4 is 19.7 Å². The second-order valence-corrected chi connectivity index (χ2v) is 6.73. The summed E-state index contributed by atoms with van der Waals surface area (Å²) in [7, 11) is 3.05. The number of methoxy groups -OCH3 is 2. The molecule has 1 aliphatic rings. The highest BCUT2D eigenvalue weighted by atomic mass is 19.1. The van der Waals surface area contributed by atoms with Gasteiger partial charge in [-0.05, 0) is 48.0 Å². The van der Waals surface area contributed by atoms with Crippen molar-refractivity contribution in [1.29, 1.82) is 0 Å². The number of rotatable bonds is 6. The molecule has 0 radical (unpaired) electrons. The highest BCUT2D eigenvalue weighted by Gasteiger charge is 2.40. The molecule has 0 fully saturated rings. The van der Waals surface area contributed by atoms with Gasteiger partial charge in [0.25, 0.3) is 11.8 Å². The van der Waals surface area contributed by atoms with Crippen LogP contribution in [0.15, 0.2) is 78.5 Å². The van der Waals surface area contributed by atoms with Crippen molar-refractivity contribution >= 4 is 28.8 Å². The highest BCUT2D eigenvalue weighted by molar-refractivity contribution is 6.46. The first-order valence-electron chi connectivity index (χ1n) is 9.46. The zero-order valence-electron chi connectivity index (χ0n) is 16.9. The summed E-state index contributed by atoms with van der Waals surface area (Å²) in [6.45, 7) is 0. The van der Waals surface area contributed by atoms with Crippen molar-refractivity contribution < 1.29 is 23.5 Å². The molecule has 0 saturated carbocycles. The minimum Gasteiger partial charge on any atom is -0.497 e. The van der Waals surface area contributed by atoms with Crippen LogP contribution in [0.2, 0.25) is 0 Å². The summed E-state index contributed by atoms with van der Waals surface area (Å²) in [5.74, 6) is -0.573. The molecule has 2 amide bonds. The quantitative estimate of drug-likeness (QED) is 0.607. The van der Waals surface area contributed by atoms with E-state index in [4.69, 9.17) is 9.47 Å². The van der Waals surface area contributed by atoms with Crippen molar-refractivity contribution in [2.24, 2.45) is 0 Å². The van der Waals surface area contributed by atoms with Gasteiger partial charge in [-0.15, -0.1) is 0 Å². The molecule has 6 nitrogen and oxygen atoms in total. The summed E-state index contributed by atoms with van der Waals surface area (Å²) in [5.41, 5.74) is 1.44. The fourth-order valence-corrected chi connectivity index (χ4v) is 3.40. The third kappa shape index (κ3) is 3.73. The number of para-hydroxylation sites is 2. The van der Waals surface area contributed by atoms with Crippen molar-refractivity contribution in [2.75, 3.05) is 24.4 Å². The van der Waals surface area contributed by atoms with Gasteiger partial charge in [-0.3, -0.25) is 9.59 Å². The SMILES string of the molecule is COc1ccc(C2=C(Nc3ccccc3OC)C(=O)N(c3cccc(F)c3)C2=O)cc1. The fraction of sp³-hybridized carbons (Fsp3) is 0.0833. The molecule has 0 unspecified atom stereocenters. The van der Waals surface area contributed by atoms with Crippen molar-refractivity contribution in [1.82, 2.24) is 0 Å². The number of benzene rings is 3. The molecular weight excluding hydrogens is 399 g/mol. The lowest BCUT2D eigenvalue weighted by atomic mass is 10.0. The Balaban J connectivity index is 1.84. The molecule has 0 aromatic heterocycles. The average molecular weight is 418 g/mol. The molecule has 3 aromatic carbocycles. The van der Waals surface area contributed by atoms with E-state index in [2.05, 4.69) is 5.32 Å². The summed E-state index contributed by atoms with van der Waals surface area (Å²) in [5, 5.41) is 3.05. The van der Waals surface area contributed by atoms with Crippen molar-refractivity contribution in [2.45, 2.75) is 0 Å². The Labute approximate surface area is 178 Å². The number of hydrogen-bond acceptors (Lipinski definition) is 5. The van der Waals surface area contributed by atoms with Gasteiger partial charge < -0.3 is 14.8 Å². The average Bonchev–Trinajstić information content (AvgIpc) is 3.03. The monoisotopic (exact) mass is 418 g/mol. The van der Waals surface area contributed by atoms with Crippen LogP contribution in [0.1, 0.15) is 5.56 Å². The van der Waals surface area contributed by atoms with E-state index in [1.54, 1.807) is 55.6 Å². The number of nitrogens with zero attached hydrogens (tertiary/aromatic N) is 1. The van der Waals surface area contributed by atoms with Crippen molar-refractivity contribution in [3.63, 3.8) is 0 Å². The highest BCUT2D eigenvalue weighted by Crippen LogP contribution is 2.36. The third-order valence-electron chi connectivity index (χ3n) is 4.90. The van der Waals surface area contributed by atoms with Gasteiger partial charge in [-0.1, -0.05) is 30.3 Å². The van der Waals surface area contributed by atoms with Gasteiger partial charge in [0.15, 0.2) is 0 Å². The third-order valence-corrected chi connectivity index (χ3v) is 4.90. The molecule has 4 rings (SSSR count). The molecule has 1 aliphatic heterocycles. The lowest BCUT2D eigenvalue weighted by molar-refractivity contribution is -0.120. The Morgan fingerprint density at radius 3 is 2.26 bits per heavy atom. The molecule has 1 N–H and O–H groups in total. The smallest absolute Gasteiger partial charge is 0.282 e. The van der Waals surface area contributed by atoms with E-state index in [-0.39, 0.29) is 17.0 Å². The molecule has 7 heteroatoms. The largest absolute Gasteiger partial charge is 0.497 e. The molecule has 31 heavy (non-hydrogen) atoms. The van der Waals surface area contributed by atoms with E-state index in [0.29, 0.717) is 22.7 Å². The van der Waals surface area contributed by atoms with Crippen molar-refractivity contribution in [3.8, 4) is 11.5 Å². The van der Waals surface area contributed by atoms with Crippen LogP contribution >= 0.6 is 0 Å². The van der Waals surface area contributed by atoms with E-state index in [1.807, 2.05) is 0 Å². The summed E-state index contributed by atoms with van der Waals surface area (Å²) < 4.78 is 24.4. The van der Waals surface area contributed by atoms with Gasteiger partial charge in [0.2, 0.25) is 0 Å². The van der Waals surface area contributed by atoms with Gasteiger partial charge in [0, 0.05) is 0 Å². The number of halogens is 1. The molecule has 0 saturated heterocycles. The molecule has 1 heterocycles. The first-order chi connectivity index (χ1) is 15.0. The summed E-state index contributed by atoms with van der Waals surface area (Å²) in [6, 6.07) is 19.2. The van der Waals surface area contributed by atoms with E-state index < -0.39 is 17.6 Å². The molecular formula is C24H19FN2O4. The maximum absolute atomic E-state index is 13.8. The molecule has 0 aliphatic carbocycles. The predicted molar refractivity (Wildman–Crippen MR) is 115 cm³/mol. The van der Waals surface area contributed by atoms with Crippen LogP contribution in [0.4, 0.5) is 15.8 Å². The predicted octanol–water partition coefficient (Wildman–Crippen LogP) is 4.24. The molecule has 0 spiro atoms. The number of carbonyl (C=O) groups excluding carboxylic acids is 2. The van der Waals surface area contributed by atoms with Crippen LogP contribution in [0, 0.1) is 5.82 Å². The van der Waals surface area contributed by atoms with Crippen LogP contribution in [0.25, 0.3) is 5.57 Å². The maximum Gasteiger partial charge on any atom is 0.282 e. The fourth-order valence-electron chi connectivity index (χ4n) is 3.40. The summed E-state index contributed by atoms with van der Waals surface area (Å²) in [4.78, 5) is 27.7. The number of ether oxygens (including phenoxy) is 2. The summed E-state index contributed by atoms with van der Waals surface area (Å²) >= 11 is 0. The van der Waals surface area contributed by atoms with Crippen LogP contribution in [0.3, 0.4) is 0 Å². The standard InChI is InChI=1S/C24H19FN2O4/c1-30-18-12-10-15(11-13-18)21-22(26-19-8-3-4-9-20(19)31-2)24(29)27(23(21)28)17-7-5-6-16(25)14-17/h3-14,26H,1-2H3. The molecule has 0 atom stereocenters. The first kappa shape index (κ1) is 20.2. The van der Waals surface area contributed by atoms with E-state index in [1.165, 1.54) is 25.3 Å². The number of carbonyl (C=O) groups is 2. The second-order valence-electron chi connectivity index (χ2n) is 6.73. The number of nitrogens with one attached hydrogen (secondary N) is 1. The minimum absolute atomic E-state index is 0.0731. The molecule has 3 aromatic rings. The van der Waals surface area contributed by atoms with E-state index in [9.17, 15) is 14.0 Å². The molecule has 156 valence electrons. The first-order valence-corrected chi connectivity index (χ1v) is 9.46. The molecule has 0 bridgehead atoms. The Kier molecular flexibility index (Phi) is 5.41. The van der Waals surface area contributed by atoms with Gasteiger partial charge in [-0.2, -0.15) is 0 Å². The number of hydrogen-bond donors (Lipinski definition) is 1. The van der Waals surface area contributed by atoms with Crippen LogP contribution in [-0.4, -0.2) is 26.0 Å². The van der Waals surface area contributed by atoms with E-state index in [0.717, 1.165) is 11.0 Å². The minimum atomic E-state index is -0.590. The van der Waals surface area contributed by atoms with Crippen LogP contribution in [0.5, 0.6) is 11.5 Å². The van der Waals surface area contributed by atoms with Gasteiger partial charge >= 0.3 is 0 Å². The van der Waals surface area contributed by atoms with Gasteiger partial charge in [0.05, 0.1) is 31.2 Å². The number of anilines is 2. The normalized spacial score (nSPS) is 13.6. The Hall–Kier alpha value is -4.13. The topological polar surface area (TPSA) is 67.9 Å². The Bertz CT molecular complexity index is 1190. The van der Waals surface area contributed by atoms with Gasteiger partial charge in [-0.25, -0.2) is 9.29 Å². The zero-order valence-corrected chi connectivity index (χ0v) is 16.9. The number of amides is 2. The lowest BCUT2D eigenvalue weighted by Crippen LogP contribution is -2.32. The number of imide groups is 1. The van der Waals surface area contributed by atoms with E-state index >= 15 is 0 Å². The summed E-state index contributed by atoms with van der Waals surface area (Å²) in [6.07, 6.45) is 0. The lowest BCUT2D eigenvalue weighted by Gasteiger charge is -2.16. The Morgan fingerprint density at radius 1 is 0.839 bits per heavy atom. The van der Waals surface area contributed by atoms with Crippen molar-refractivity contribution in [3.05, 3.63) is 89.9 Å². The Morgan fingerprint density at radius 2 is 1.58 bits per heavy atom. The van der Waals surface area contributed by atoms with Crippen LogP contribution in [-0.2, 0) is 9.59 Å².